The SMILES string of the molecule is Cc1ncsc1C1C(=O)NC(=O)N1CN. The van der Waals surface area contributed by atoms with Crippen molar-refractivity contribution < 1.29 is 9.59 Å². The van der Waals surface area contributed by atoms with Crippen LogP contribution in [0.15, 0.2) is 5.51 Å². The normalized spacial score (nSPS) is 20.9. The Kier molecular flexibility index (Phi) is 2.41. The number of hydrogen-bond acceptors (Lipinski definition) is 5. The van der Waals surface area contributed by atoms with Crippen LogP contribution >= 0.6 is 11.3 Å². The molecule has 7 heteroatoms. The zero-order valence-electron chi connectivity index (χ0n) is 8.06. The molecule has 0 bridgehead atoms. The van der Waals surface area contributed by atoms with Crippen LogP contribution in [0.1, 0.15) is 16.6 Å². The molecule has 1 unspecified atom stereocenters. The van der Waals surface area contributed by atoms with E-state index in [9.17, 15) is 9.59 Å². The molecule has 0 aromatic carbocycles. The molecule has 0 spiro atoms. The Labute approximate surface area is 90.1 Å². The van der Waals surface area contributed by atoms with Gasteiger partial charge >= 0.3 is 6.03 Å². The van der Waals surface area contributed by atoms with Crippen LogP contribution < -0.4 is 11.1 Å². The van der Waals surface area contributed by atoms with Crippen molar-refractivity contribution in [2.45, 2.75) is 13.0 Å². The maximum Gasteiger partial charge on any atom is 0.326 e. The summed E-state index contributed by atoms with van der Waals surface area (Å²) in [6.45, 7) is 1.82. The van der Waals surface area contributed by atoms with Crippen molar-refractivity contribution in [1.82, 2.24) is 15.2 Å². The summed E-state index contributed by atoms with van der Waals surface area (Å²) < 4.78 is 0. The lowest BCUT2D eigenvalue weighted by Gasteiger charge is -2.18. The first-order valence-electron chi connectivity index (χ1n) is 4.36. The number of aryl methyl sites for hydroxylation is 1. The lowest BCUT2D eigenvalue weighted by Crippen LogP contribution is -2.34. The number of hydrogen-bond donors (Lipinski definition) is 2. The van der Waals surface area contributed by atoms with Crippen molar-refractivity contribution in [3.8, 4) is 0 Å². The van der Waals surface area contributed by atoms with Gasteiger partial charge in [0.2, 0.25) is 0 Å². The maximum absolute atomic E-state index is 11.6. The first-order chi connectivity index (χ1) is 7.15. The number of carbonyl (C=O) groups excluding carboxylic acids is 2. The molecular formula is C8H10N4O2S. The maximum atomic E-state index is 11.6. The molecule has 0 saturated carbocycles. The highest BCUT2D eigenvalue weighted by Crippen LogP contribution is 2.29. The van der Waals surface area contributed by atoms with Gasteiger partial charge in [0, 0.05) is 0 Å². The minimum Gasteiger partial charge on any atom is -0.314 e. The highest BCUT2D eigenvalue weighted by Gasteiger charge is 2.40. The van der Waals surface area contributed by atoms with Crippen LogP contribution in [0.25, 0.3) is 0 Å². The Morgan fingerprint density at radius 3 is 2.93 bits per heavy atom. The zero-order valence-corrected chi connectivity index (χ0v) is 8.87. The van der Waals surface area contributed by atoms with Gasteiger partial charge in [-0.25, -0.2) is 9.78 Å². The minimum absolute atomic E-state index is 0.0135. The van der Waals surface area contributed by atoms with Crippen molar-refractivity contribution >= 4 is 23.3 Å². The lowest BCUT2D eigenvalue weighted by atomic mass is 10.2. The third-order valence-electron chi connectivity index (χ3n) is 2.28. The number of nitrogens with one attached hydrogen (secondary N) is 1. The van der Waals surface area contributed by atoms with Gasteiger partial charge in [-0.15, -0.1) is 11.3 Å². The van der Waals surface area contributed by atoms with Crippen molar-refractivity contribution in [2.24, 2.45) is 5.73 Å². The molecule has 2 heterocycles. The van der Waals surface area contributed by atoms with E-state index in [1.807, 2.05) is 0 Å². The smallest absolute Gasteiger partial charge is 0.314 e. The molecule has 3 amide bonds. The standard InChI is InChI=1S/C8H10N4O2S/c1-4-6(15-3-10-4)5-7(13)11-8(14)12(5)2-9/h3,5H,2,9H2,1H3,(H,11,13,14). The number of amides is 3. The van der Waals surface area contributed by atoms with E-state index in [1.165, 1.54) is 16.2 Å². The van der Waals surface area contributed by atoms with Gasteiger partial charge in [-0.3, -0.25) is 15.0 Å². The highest BCUT2D eigenvalue weighted by atomic mass is 32.1. The van der Waals surface area contributed by atoms with Gasteiger partial charge in [0.1, 0.15) is 0 Å². The zero-order chi connectivity index (χ0) is 11.0. The van der Waals surface area contributed by atoms with Crippen molar-refractivity contribution in [3.05, 3.63) is 16.1 Å². The van der Waals surface area contributed by atoms with Gasteiger partial charge in [-0.1, -0.05) is 0 Å². The minimum atomic E-state index is -0.616. The van der Waals surface area contributed by atoms with Gasteiger partial charge in [-0.2, -0.15) is 0 Å². The van der Waals surface area contributed by atoms with E-state index in [0.717, 1.165) is 10.6 Å². The van der Waals surface area contributed by atoms with Gasteiger partial charge in [0.15, 0.2) is 6.04 Å². The van der Waals surface area contributed by atoms with E-state index in [2.05, 4.69) is 10.3 Å². The first kappa shape index (κ1) is 10.1. The van der Waals surface area contributed by atoms with Crippen LogP contribution in [0.4, 0.5) is 4.79 Å². The van der Waals surface area contributed by atoms with Crippen LogP contribution in [-0.2, 0) is 4.79 Å². The molecular weight excluding hydrogens is 216 g/mol. The number of nitrogens with zero attached hydrogens (tertiary/aromatic N) is 2. The van der Waals surface area contributed by atoms with Gasteiger partial charge in [-0.05, 0) is 6.92 Å². The second-order valence-corrected chi connectivity index (χ2v) is 4.04. The fourth-order valence-corrected chi connectivity index (χ4v) is 2.44. The third kappa shape index (κ3) is 1.49. The molecule has 6 nitrogen and oxygen atoms in total. The topological polar surface area (TPSA) is 88.3 Å². The van der Waals surface area contributed by atoms with Crippen molar-refractivity contribution in [1.29, 1.82) is 0 Å². The number of nitrogens with two attached hydrogens (primary N) is 1. The average molecular weight is 226 g/mol. The van der Waals surface area contributed by atoms with Crippen LogP contribution in [0.3, 0.4) is 0 Å². The molecule has 80 valence electrons. The summed E-state index contributed by atoms with van der Waals surface area (Å²) in [4.78, 5) is 29.0. The molecule has 1 atom stereocenters. The van der Waals surface area contributed by atoms with Gasteiger partial charge in [0.05, 0.1) is 22.8 Å². The van der Waals surface area contributed by atoms with E-state index in [4.69, 9.17) is 5.73 Å². The number of rotatable bonds is 2. The molecule has 1 saturated heterocycles. The molecule has 15 heavy (non-hydrogen) atoms. The summed E-state index contributed by atoms with van der Waals surface area (Å²) in [5.41, 5.74) is 7.84. The molecule has 0 radical (unpaired) electrons. The molecule has 1 aromatic rings. The summed E-state index contributed by atoms with van der Waals surface area (Å²) >= 11 is 1.35. The third-order valence-corrected chi connectivity index (χ3v) is 3.26. The van der Waals surface area contributed by atoms with Gasteiger partial charge < -0.3 is 5.73 Å². The Balaban J connectivity index is 2.39. The van der Waals surface area contributed by atoms with Crippen LogP contribution in [-0.4, -0.2) is 28.5 Å². The molecule has 1 aromatic heterocycles. The Morgan fingerprint density at radius 1 is 1.67 bits per heavy atom. The average Bonchev–Trinajstić information content (AvgIpc) is 2.70. The summed E-state index contributed by atoms with van der Waals surface area (Å²) in [6, 6.07) is -1.06. The van der Waals surface area contributed by atoms with Gasteiger partial charge in [0.25, 0.3) is 5.91 Å². The number of carbonyl (C=O) groups is 2. The quantitative estimate of drug-likeness (QED) is 0.692. The van der Waals surface area contributed by atoms with Crippen LogP contribution in [0.5, 0.6) is 0 Å². The number of aromatic nitrogens is 1. The number of imide groups is 1. The van der Waals surface area contributed by atoms with E-state index in [0.29, 0.717) is 0 Å². The Morgan fingerprint density at radius 2 is 2.40 bits per heavy atom. The van der Waals surface area contributed by atoms with E-state index >= 15 is 0 Å². The van der Waals surface area contributed by atoms with E-state index in [1.54, 1.807) is 12.4 Å². The summed E-state index contributed by atoms with van der Waals surface area (Å²) in [7, 11) is 0. The van der Waals surface area contributed by atoms with Crippen LogP contribution in [0, 0.1) is 6.92 Å². The lowest BCUT2D eigenvalue weighted by molar-refractivity contribution is -0.121. The fraction of sp³-hybridized carbons (Fsp3) is 0.375. The largest absolute Gasteiger partial charge is 0.326 e. The molecule has 1 aliphatic rings. The van der Waals surface area contributed by atoms with Crippen molar-refractivity contribution in [3.63, 3.8) is 0 Å². The molecule has 2 rings (SSSR count). The Hall–Kier alpha value is -1.47. The molecule has 1 aliphatic heterocycles. The summed E-state index contributed by atoms with van der Waals surface area (Å²) in [5, 5.41) is 2.23. The molecule has 3 N–H and O–H groups in total. The summed E-state index contributed by atoms with van der Waals surface area (Å²) in [5.74, 6) is -0.335. The predicted octanol–water partition coefficient (Wildman–Crippen LogP) is -0.0394. The van der Waals surface area contributed by atoms with E-state index < -0.39 is 12.1 Å². The van der Waals surface area contributed by atoms with E-state index in [-0.39, 0.29) is 12.6 Å². The number of urea groups is 1. The predicted molar refractivity (Wildman–Crippen MR) is 54.0 cm³/mol. The summed E-state index contributed by atoms with van der Waals surface area (Å²) in [6.07, 6.45) is 0. The first-order valence-corrected chi connectivity index (χ1v) is 5.24. The monoisotopic (exact) mass is 226 g/mol. The van der Waals surface area contributed by atoms with Crippen LogP contribution in [0.2, 0.25) is 0 Å². The van der Waals surface area contributed by atoms with Crippen molar-refractivity contribution in [2.75, 3.05) is 6.67 Å². The second kappa shape index (κ2) is 3.59. The second-order valence-electron chi connectivity index (χ2n) is 3.15. The molecule has 1 fully saturated rings. The Bertz CT molecular complexity index is 417. The molecule has 0 aliphatic carbocycles. The fourth-order valence-electron chi connectivity index (χ4n) is 1.53. The highest BCUT2D eigenvalue weighted by molar-refractivity contribution is 7.10. The number of thiazole rings is 1.